The van der Waals surface area contributed by atoms with Crippen LogP contribution in [0.1, 0.15) is 48.9 Å². The first-order chi connectivity index (χ1) is 12.0. The molecule has 1 aromatic heterocycles. The van der Waals surface area contributed by atoms with Crippen molar-refractivity contribution in [3.63, 3.8) is 0 Å². The molecule has 134 valence electrons. The van der Waals surface area contributed by atoms with Crippen molar-refractivity contribution >= 4 is 17.3 Å². The van der Waals surface area contributed by atoms with Crippen LogP contribution in [0.2, 0.25) is 0 Å². The van der Waals surface area contributed by atoms with Gasteiger partial charge in [-0.15, -0.1) is 11.3 Å². The van der Waals surface area contributed by atoms with Crippen molar-refractivity contribution in [1.82, 2.24) is 15.6 Å². The number of benzene rings is 1. The lowest BCUT2D eigenvalue weighted by Crippen LogP contribution is -2.40. The van der Waals surface area contributed by atoms with Crippen LogP contribution in [-0.4, -0.2) is 24.5 Å². The average Bonchev–Trinajstić information content (AvgIpc) is 3.24. The predicted octanol–water partition coefficient (Wildman–Crippen LogP) is 3.80. The van der Waals surface area contributed by atoms with Gasteiger partial charge < -0.3 is 10.6 Å². The molecule has 0 saturated heterocycles. The van der Waals surface area contributed by atoms with E-state index in [1.54, 1.807) is 30.5 Å². The Labute approximate surface area is 152 Å². The van der Waals surface area contributed by atoms with Gasteiger partial charge in [-0.3, -0.25) is 4.99 Å². The summed E-state index contributed by atoms with van der Waals surface area (Å²) in [6.45, 7) is 5.71. The van der Waals surface area contributed by atoms with Crippen LogP contribution in [0.25, 0.3) is 0 Å². The number of guanidine groups is 1. The number of halogens is 1. The number of rotatable bonds is 6. The molecule has 1 aliphatic carbocycles. The fourth-order valence-electron chi connectivity index (χ4n) is 2.84. The first kappa shape index (κ1) is 17.9. The van der Waals surface area contributed by atoms with Crippen molar-refractivity contribution in [3.05, 3.63) is 51.7 Å². The number of aromatic nitrogens is 1. The molecule has 3 rings (SSSR count). The Balaban J connectivity index is 1.54. The predicted molar refractivity (Wildman–Crippen MR) is 102 cm³/mol. The van der Waals surface area contributed by atoms with E-state index in [2.05, 4.69) is 39.8 Å². The molecule has 1 heterocycles. The van der Waals surface area contributed by atoms with Crippen LogP contribution in [0.5, 0.6) is 0 Å². The van der Waals surface area contributed by atoms with Crippen molar-refractivity contribution in [2.75, 3.05) is 13.6 Å². The van der Waals surface area contributed by atoms with E-state index < -0.39 is 0 Å². The summed E-state index contributed by atoms with van der Waals surface area (Å²) >= 11 is 1.67. The van der Waals surface area contributed by atoms with Gasteiger partial charge in [0.05, 0.1) is 12.2 Å². The zero-order chi connectivity index (χ0) is 17.9. The first-order valence-corrected chi connectivity index (χ1v) is 9.55. The van der Waals surface area contributed by atoms with Crippen LogP contribution in [-0.2, 0) is 12.0 Å². The molecule has 6 heteroatoms. The van der Waals surface area contributed by atoms with Crippen molar-refractivity contribution in [2.45, 2.75) is 44.6 Å². The highest BCUT2D eigenvalue weighted by Gasteiger charge is 2.44. The van der Waals surface area contributed by atoms with Gasteiger partial charge in [0.2, 0.25) is 0 Å². The molecule has 25 heavy (non-hydrogen) atoms. The van der Waals surface area contributed by atoms with Gasteiger partial charge in [-0.1, -0.05) is 26.0 Å². The van der Waals surface area contributed by atoms with Crippen LogP contribution in [0.4, 0.5) is 4.39 Å². The summed E-state index contributed by atoms with van der Waals surface area (Å²) in [6, 6.07) is 6.93. The highest BCUT2D eigenvalue weighted by Crippen LogP contribution is 2.47. The van der Waals surface area contributed by atoms with Gasteiger partial charge >= 0.3 is 0 Å². The zero-order valence-electron chi connectivity index (χ0n) is 15.0. The van der Waals surface area contributed by atoms with Crippen molar-refractivity contribution < 1.29 is 4.39 Å². The minimum Gasteiger partial charge on any atom is -0.356 e. The van der Waals surface area contributed by atoms with Crippen LogP contribution in [0, 0.1) is 5.82 Å². The van der Waals surface area contributed by atoms with E-state index in [0.29, 0.717) is 12.5 Å². The molecule has 0 unspecified atom stereocenters. The average molecular weight is 361 g/mol. The highest BCUT2D eigenvalue weighted by molar-refractivity contribution is 7.09. The summed E-state index contributed by atoms with van der Waals surface area (Å²) in [7, 11) is 1.76. The molecule has 4 nitrogen and oxygen atoms in total. The lowest BCUT2D eigenvalue weighted by atomic mass is 9.96. The van der Waals surface area contributed by atoms with Gasteiger partial charge in [0.15, 0.2) is 5.96 Å². The molecule has 0 radical (unpaired) electrons. The van der Waals surface area contributed by atoms with Gasteiger partial charge in [-0.2, -0.15) is 0 Å². The maximum absolute atomic E-state index is 13.5. The molecule has 0 amide bonds. The summed E-state index contributed by atoms with van der Waals surface area (Å²) in [5.74, 6) is 1.03. The van der Waals surface area contributed by atoms with Crippen molar-refractivity contribution in [1.29, 1.82) is 0 Å². The largest absolute Gasteiger partial charge is 0.356 e. The molecule has 2 aromatic rings. The lowest BCUT2D eigenvalue weighted by molar-refractivity contribution is 0.607. The van der Waals surface area contributed by atoms with Crippen molar-refractivity contribution in [3.8, 4) is 0 Å². The summed E-state index contributed by atoms with van der Waals surface area (Å²) in [6.07, 6.45) is 2.15. The molecule has 1 saturated carbocycles. The van der Waals surface area contributed by atoms with E-state index in [0.717, 1.165) is 41.6 Å². The topological polar surface area (TPSA) is 49.3 Å². The molecule has 2 N–H and O–H groups in total. The number of nitrogens with one attached hydrogen (secondary N) is 2. The SMILES string of the molecule is CN=C(NCc1nc(C(C)C)cs1)NCC1(c2cccc(F)c2)CC1. The maximum Gasteiger partial charge on any atom is 0.191 e. The summed E-state index contributed by atoms with van der Waals surface area (Å²) in [5, 5.41) is 9.86. The third kappa shape index (κ3) is 4.37. The van der Waals surface area contributed by atoms with E-state index in [-0.39, 0.29) is 11.2 Å². The second kappa shape index (κ2) is 7.52. The van der Waals surface area contributed by atoms with Crippen LogP contribution < -0.4 is 10.6 Å². The Hall–Kier alpha value is -1.95. The first-order valence-electron chi connectivity index (χ1n) is 8.67. The second-order valence-electron chi connectivity index (χ2n) is 6.89. The molecular weight excluding hydrogens is 335 g/mol. The minimum absolute atomic E-state index is 0.0334. The number of thiazole rings is 1. The molecule has 0 aliphatic heterocycles. The third-order valence-electron chi connectivity index (χ3n) is 4.68. The lowest BCUT2D eigenvalue weighted by Gasteiger charge is -2.19. The molecule has 0 bridgehead atoms. The molecule has 0 spiro atoms. The fourth-order valence-corrected chi connectivity index (χ4v) is 3.74. The standard InChI is InChI=1S/C19H25FN4S/c1-13(2)16-11-25-17(24-16)10-22-18(21-3)23-12-19(7-8-19)14-5-4-6-15(20)9-14/h4-6,9,11,13H,7-8,10,12H2,1-3H3,(H2,21,22,23). The highest BCUT2D eigenvalue weighted by atomic mass is 32.1. The Bertz CT molecular complexity index is 749. The Kier molecular flexibility index (Phi) is 5.37. The number of hydrogen-bond donors (Lipinski definition) is 2. The summed E-state index contributed by atoms with van der Waals surface area (Å²) < 4.78 is 13.5. The fraction of sp³-hybridized carbons (Fsp3) is 0.474. The minimum atomic E-state index is -0.170. The van der Waals surface area contributed by atoms with Crippen LogP contribution >= 0.6 is 11.3 Å². The van der Waals surface area contributed by atoms with Crippen molar-refractivity contribution in [2.24, 2.45) is 4.99 Å². The quantitative estimate of drug-likeness (QED) is 0.608. The van der Waals surface area contributed by atoms with Gasteiger partial charge in [0, 0.05) is 24.4 Å². The zero-order valence-corrected chi connectivity index (χ0v) is 15.8. The number of aliphatic imine (C=N–C) groups is 1. The Morgan fingerprint density at radius 2 is 2.16 bits per heavy atom. The summed E-state index contributed by atoms with van der Waals surface area (Å²) in [4.78, 5) is 8.91. The second-order valence-corrected chi connectivity index (χ2v) is 7.83. The summed E-state index contributed by atoms with van der Waals surface area (Å²) in [5.41, 5.74) is 2.23. The van der Waals surface area contributed by atoms with E-state index in [1.165, 1.54) is 6.07 Å². The monoisotopic (exact) mass is 360 g/mol. The number of nitrogens with zero attached hydrogens (tertiary/aromatic N) is 2. The molecule has 1 aromatic carbocycles. The third-order valence-corrected chi connectivity index (χ3v) is 5.54. The number of hydrogen-bond acceptors (Lipinski definition) is 3. The Morgan fingerprint density at radius 1 is 1.36 bits per heavy atom. The van der Waals surface area contributed by atoms with E-state index in [4.69, 9.17) is 0 Å². The van der Waals surface area contributed by atoms with Gasteiger partial charge in [-0.05, 0) is 36.5 Å². The van der Waals surface area contributed by atoms with Crippen LogP contribution in [0.3, 0.4) is 0 Å². The molecule has 1 fully saturated rings. The van der Waals surface area contributed by atoms with E-state index in [9.17, 15) is 4.39 Å². The van der Waals surface area contributed by atoms with E-state index in [1.807, 2.05) is 6.07 Å². The smallest absolute Gasteiger partial charge is 0.191 e. The molecule has 1 aliphatic rings. The van der Waals surface area contributed by atoms with Gasteiger partial charge in [0.1, 0.15) is 10.8 Å². The molecule has 0 atom stereocenters. The van der Waals surface area contributed by atoms with E-state index >= 15 is 0 Å². The van der Waals surface area contributed by atoms with Crippen LogP contribution in [0.15, 0.2) is 34.6 Å². The molecular formula is C19H25FN4S. The normalized spacial score (nSPS) is 16.1. The van der Waals surface area contributed by atoms with Gasteiger partial charge in [0.25, 0.3) is 0 Å². The maximum atomic E-state index is 13.5. The van der Waals surface area contributed by atoms with Gasteiger partial charge in [-0.25, -0.2) is 9.37 Å². The Morgan fingerprint density at radius 3 is 2.76 bits per heavy atom.